The van der Waals surface area contributed by atoms with Gasteiger partial charge in [0, 0.05) is 23.3 Å². The van der Waals surface area contributed by atoms with E-state index in [2.05, 4.69) is 10.6 Å². The summed E-state index contributed by atoms with van der Waals surface area (Å²) in [4.78, 5) is 11.5. The van der Waals surface area contributed by atoms with E-state index in [1.54, 1.807) is 24.3 Å². The van der Waals surface area contributed by atoms with Gasteiger partial charge in [-0.1, -0.05) is 25.4 Å². The molecule has 17 heavy (non-hydrogen) atoms. The van der Waals surface area contributed by atoms with Gasteiger partial charge in [-0.3, -0.25) is 0 Å². The third-order valence-corrected chi connectivity index (χ3v) is 2.71. The molecule has 1 unspecified atom stereocenters. The first-order valence-corrected chi connectivity index (χ1v) is 5.93. The van der Waals surface area contributed by atoms with E-state index in [4.69, 9.17) is 17.3 Å². The van der Waals surface area contributed by atoms with Crippen LogP contribution in [0.4, 0.5) is 10.5 Å². The van der Waals surface area contributed by atoms with Crippen LogP contribution in [0.25, 0.3) is 0 Å². The summed E-state index contributed by atoms with van der Waals surface area (Å²) in [6, 6.07) is 6.62. The Labute approximate surface area is 107 Å². The molecule has 1 aromatic rings. The Hall–Kier alpha value is -1.26. The summed E-state index contributed by atoms with van der Waals surface area (Å²) < 4.78 is 0. The summed E-state index contributed by atoms with van der Waals surface area (Å²) in [5, 5.41) is 6.05. The number of hydrogen-bond donors (Lipinski definition) is 3. The zero-order valence-electron chi connectivity index (χ0n) is 10.0. The molecule has 0 fully saturated rings. The molecule has 0 saturated heterocycles. The minimum atomic E-state index is -0.261. The monoisotopic (exact) mass is 255 g/mol. The van der Waals surface area contributed by atoms with Crippen molar-refractivity contribution in [3.63, 3.8) is 0 Å². The van der Waals surface area contributed by atoms with Gasteiger partial charge >= 0.3 is 6.03 Å². The van der Waals surface area contributed by atoms with Crippen LogP contribution >= 0.6 is 11.6 Å². The number of nitrogens with one attached hydrogen (secondary N) is 2. The van der Waals surface area contributed by atoms with E-state index in [9.17, 15) is 4.79 Å². The van der Waals surface area contributed by atoms with Gasteiger partial charge in [0.05, 0.1) is 0 Å². The van der Waals surface area contributed by atoms with Crippen molar-refractivity contribution in [3.05, 3.63) is 29.3 Å². The normalized spacial score (nSPS) is 12.3. The lowest BCUT2D eigenvalue weighted by atomic mass is 10.1. The molecule has 1 aromatic carbocycles. The Morgan fingerprint density at radius 1 is 1.35 bits per heavy atom. The molecule has 0 aliphatic carbocycles. The Kier molecular flexibility index (Phi) is 5.25. The van der Waals surface area contributed by atoms with Crippen molar-refractivity contribution in [2.75, 3.05) is 11.9 Å². The van der Waals surface area contributed by atoms with E-state index in [0.717, 1.165) is 0 Å². The number of urea groups is 1. The summed E-state index contributed by atoms with van der Waals surface area (Å²) in [7, 11) is 0. The number of carbonyl (C=O) groups is 1. The molecule has 0 aromatic heterocycles. The molecule has 1 rings (SSSR count). The fraction of sp³-hybridized carbons (Fsp3) is 0.417. The first-order chi connectivity index (χ1) is 7.99. The number of amides is 2. The topological polar surface area (TPSA) is 67.1 Å². The van der Waals surface area contributed by atoms with E-state index >= 15 is 0 Å². The molecule has 0 bridgehead atoms. The van der Waals surface area contributed by atoms with Gasteiger partial charge in [0.15, 0.2) is 0 Å². The van der Waals surface area contributed by atoms with Gasteiger partial charge < -0.3 is 16.4 Å². The molecule has 4 N–H and O–H groups in total. The smallest absolute Gasteiger partial charge is 0.319 e. The predicted molar refractivity (Wildman–Crippen MR) is 71.3 cm³/mol. The Morgan fingerprint density at radius 2 is 1.94 bits per heavy atom. The lowest BCUT2D eigenvalue weighted by molar-refractivity contribution is 0.250. The zero-order chi connectivity index (χ0) is 12.8. The van der Waals surface area contributed by atoms with Crippen molar-refractivity contribution in [2.24, 2.45) is 11.7 Å². The fourth-order valence-corrected chi connectivity index (χ4v) is 1.28. The van der Waals surface area contributed by atoms with Crippen molar-refractivity contribution in [2.45, 2.75) is 19.9 Å². The van der Waals surface area contributed by atoms with Gasteiger partial charge in [0.2, 0.25) is 0 Å². The molecule has 2 amide bonds. The molecular formula is C12H18ClN3O. The molecule has 0 spiro atoms. The largest absolute Gasteiger partial charge is 0.336 e. The van der Waals surface area contributed by atoms with Crippen LogP contribution in [0.15, 0.2) is 24.3 Å². The summed E-state index contributed by atoms with van der Waals surface area (Å²) in [6.07, 6.45) is 0. The molecular weight excluding hydrogens is 238 g/mol. The van der Waals surface area contributed by atoms with Crippen molar-refractivity contribution >= 4 is 23.3 Å². The standard InChI is InChI=1S/C12H18ClN3O/c1-8(2)11(14)7-15-12(17)16-10-5-3-9(13)4-6-10/h3-6,8,11H,7,14H2,1-2H3,(H2,15,16,17). The minimum Gasteiger partial charge on any atom is -0.336 e. The van der Waals surface area contributed by atoms with Crippen molar-refractivity contribution in [1.82, 2.24) is 5.32 Å². The molecule has 0 heterocycles. The highest BCUT2D eigenvalue weighted by Gasteiger charge is 2.09. The lowest BCUT2D eigenvalue weighted by Gasteiger charge is -2.16. The first kappa shape index (κ1) is 13.8. The number of halogens is 1. The Balaban J connectivity index is 2.37. The summed E-state index contributed by atoms with van der Waals surface area (Å²) in [6.45, 7) is 4.49. The first-order valence-electron chi connectivity index (χ1n) is 5.55. The summed E-state index contributed by atoms with van der Waals surface area (Å²) >= 11 is 5.74. The van der Waals surface area contributed by atoms with Gasteiger partial charge in [-0.05, 0) is 30.2 Å². The van der Waals surface area contributed by atoms with Gasteiger partial charge in [-0.2, -0.15) is 0 Å². The van der Waals surface area contributed by atoms with Crippen molar-refractivity contribution < 1.29 is 4.79 Å². The fourth-order valence-electron chi connectivity index (χ4n) is 1.15. The number of rotatable bonds is 4. The zero-order valence-corrected chi connectivity index (χ0v) is 10.8. The molecule has 0 saturated carbocycles. The highest BCUT2D eigenvalue weighted by atomic mass is 35.5. The average molecular weight is 256 g/mol. The van der Waals surface area contributed by atoms with E-state index < -0.39 is 0 Å². The molecule has 0 radical (unpaired) electrons. The van der Waals surface area contributed by atoms with E-state index in [1.165, 1.54) is 0 Å². The van der Waals surface area contributed by atoms with Crippen molar-refractivity contribution in [3.8, 4) is 0 Å². The summed E-state index contributed by atoms with van der Waals surface area (Å²) in [5.74, 6) is 0.339. The highest BCUT2D eigenvalue weighted by Crippen LogP contribution is 2.12. The van der Waals surface area contributed by atoms with Crippen LogP contribution in [0.3, 0.4) is 0 Å². The second kappa shape index (κ2) is 6.47. The van der Waals surface area contributed by atoms with Gasteiger partial charge in [0.25, 0.3) is 0 Å². The van der Waals surface area contributed by atoms with Gasteiger partial charge in [-0.25, -0.2) is 4.79 Å². The van der Waals surface area contributed by atoms with Crippen LogP contribution in [0.2, 0.25) is 5.02 Å². The van der Waals surface area contributed by atoms with Crippen LogP contribution in [0.1, 0.15) is 13.8 Å². The number of benzene rings is 1. The number of hydrogen-bond acceptors (Lipinski definition) is 2. The number of carbonyl (C=O) groups excluding carboxylic acids is 1. The highest BCUT2D eigenvalue weighted by molar-refractivity contribution is 6.30. The molecule has 1 atom stereocenters. The number of anilines is 1. The second-order valence-corrected chi connectivity index (χ2v) is 4.69. The quantitative estimate of drug-likeness (QED) is 0.774. The SMILES string of the molecule is CC(C)C(N)CNC(=O)Nc1ccc(Cl)cc1. The third kappa shape index (κ3) is 5.06. The molecule has 0 aliphatic rings. The molecule has 5 heteroatoms. The van der Waals surface area contributed by atoms with Crippen molar-refractivity contribution in [1.29, 1.82) is 0 Å². The van der Waals surface area contributed by atoms with Gasteiger partial charge in [-0.15, -0.1) is 0 Å². The maximum absolute atomic E-state index is 11.5. The predicted octanol–water partition coefficient (Wildman–Crippen LogP) is 2.44. The molecule has 0 aliphatic heterocycles. The Bertz CT molecular complexity index is 365. The van der Waals surface area contributed by atoms with Crippen LogP contribution < -0.4 is 16.4 Å². The van der Waals surface area contributed by atoms with E-state index in [0.29, 0.717) is 23.2 Å². The lowest BCUT2D eigenvalue weighted by Crippen LogP contribution is -2.42. The Morgan fingerprint density at radius 3 is 2.47 bits per heavy atom. The van der Waals surface area contributed by atoms with Crippen LogP contribution in [0.5, 0.6) is 0 Å². The maximum atomic E-state index is 11.5. The third-order valence-electron chi connectivity index (χ3n) is 2.46. The van der Waals surface area contributed by atoms with E-state index in [1.807, 2.05) is 13.8 Å². The summed E-state index contributed by atoms with van der Waals surface area (Å²) in [5.41, 5.74) is 6.52. The second-order valence-electron chi connectivity index (χ2n) is 4.25. The molecule has 94 valence electrons. The van der Waals surface area contributed by atoms with Crippen LogP contribution in [-0.4, -0.2) is 18.6 Å². The number of nitrogens with two attached hydrogens (primary N) is 1. The van der Waals surface area contributed by atoms with Crippen LogP contribution in [-0.2, 0) is 0 Å². The van der Waals surface area contributed by atoms with Gasteiger partial charge in [0.1, 0.15) is 0 Å². The minimum absolute atomic E-state index is 0.0361. The van der Waals surface area contributed by atoms with E-state index in [-0.39, 0.29) is 12.1 Å². The molecule has 4 nitrogen and oxygen atoms in total. The van der Waals surface area contributed by atoms with Crippen LogP contribution in [0, 0.1) is 5.92 Å². The average Bonchev–Trinajstić information content (AvgIpc) is 2.29. The maximum Gasteiger partial charge on any atom is 0.319 e.